The van der Waals surface area contributed by atoms with E-state index in [2.05, 4.69) is 36.4 Å². The molecule has 1 aliphatic heterocycles. The van der Waals surface area contributed by atoms with Crippen LogP contribution in [0.2, 0.25) is 5.02 Å². The number of hydrogen-bond donors (Lipinski definition) is 1. The van der Waals surface area contributed by atoms with Gasteiger partial charge in [-0.2, -0.15) is 9.67 Å². The van der Waals surface area contributed by atoms with Gasteiger partial charge in [-0.1, -0.05) is 47.6 Å². The van der Waals surface area contributed by atoms with E-state index in [9.17, 15) is 9.59 Å². The molecule has 1 fully saturated rings. The second-order valence-electron chi connectivity index (χ2n) is 9.42. The van der Waals surface area contributed by atoms with Crippen LogP contribution >= 0.6 is 23.4 Å². The van der Waals surface area contributed by atoms with Crippen LogP contribution in [0.15, 0.2) is 69.3 Å². The number of thioether (sulfide) groups is 1. The predicted molar refractivity (Wildman–Crippen MR) is 156 cm³/mol. The lowest BCUT2D eigenvalue weighted by molar-refractivity contribution is 0.610. The summed E-state index contributed by atoms with van der Waals surface area (Å²) in [5.74, 6) is 1.41. The number of tetrazole rings is 1. The number of H-pyrrole nitrogens is 1. The first-order valence-electron chi connectivity index (χ1n) is 12.9. The molecular weight excluding hydrogens is 552 g/mol. The first kappa shape index (κ1) is 26.1. The van der Waals surface area contributed by atoms with Crippen molar-refractivity contribution >= 4 is 46.2 Å². The zero-order valence-electron chi connectivity index (χ0n) is 21.8. The molecule has 0 bridgehead atoms. The predicted octanol–water partition coefficient (Wildman–Crippen LogP) is 2.56. The Bertz CT molecular complexity index is 1750. The van der Waals surface area contributed by atoms with Crippen molar-refractivity contribution < 1.29 is 0 Å². The average molecular weight is 579 g/mol. The topological polar surface area (TPSA) is 123 Å². The lowest BCUT2D eigenvalue weighted by atomic mass is 10.2. The molecule has 4 heterocycles. The molecule has 206 valence electrons. The van der Waals surface area contributed by atoms with Crippen LogP contribution in [-0.4, -0.2) is 71.2 Å². The van der Waals surface area contributed by atoms with Crippen LogP contribution in [0.25, 0.3) is 16.9 Å². The maximum absolute atomic E-state index is 13.0. The number of piperazine rings is 1. The second-order valence-corrected chi connectivity index (χ2v) is 10.9. The number of fused-ring (bicyclic) bond motifs is 1. The molecule has 0 amide bonds. The molecular formula is C26H27ClN10O2S. The van der Waals surface area contributed by atoms with Crippen molar-refractivity contribution in [2.45, 2.75) is 18.1 Å². The van der Waals surface area contributed by atoms with Crippen molar-refractivity contribution in [2.75, 3.05) is 41.7 Å². The van der Waals surface area contributed by atoms with Crippen molar-refractivity contribution in [2.24, 2.45) is 7.05 Å². The highest BCUT2D eigenvalue weighted by atomic mass is 35.5. The van der Waals surface area contributed by atoms with Crippen LogP contribution in [0.4, 0.5) is 11.6 Å². The first-order chi connectivity index (χ1) is 19.5. The number of halogens is 1. The second kappa shape index (κ2) is 11.2. The molecule has 1 saturated heterocycles. The normalized spacial score (nSPS) is 13.8. The summed E-state index contributed by atoms with van der Waals surface area (Å²) in [5, 5.41) is 13.5. The van der Waals surface area contributed by atoms with Crippen molar-refractivity contribution in [1.82, 2.24) is 39.3 Å². The summed E-state index contributed by atoms with van der Waals surface area (Å²) in [7, 11) is 1.62. The molecule has 2 aromatic carbocycles. The minimum absolute atomic E-state index is 0.377. The minimum Gasteiger partial charge on any atom is -0.368 e. The van der Waals surface area contributed by atoms with Gasteiger partial charge in [0.05, 0.1) is 5.69 Å². The van der Waals surface area contributed by atoms with Crippen molar-refractivity contribution in [1.29, 1.82) is 0 Å². The van der Waals surface area contributed by atoms with Crippen LogP contribution in [0.5, 0.6) is 0 Å². The summed E-state index contributed by atoms with van der Waals surface area (Å²) in [4.78, 5) is 37.0. The molecule has 6 rings (SSSR count). The Labute approximate surface area is 238 Å². The van der Waals surface area contributed by atoms with Gasteiger partial charge in [0.15, 0.2) is 11.2 Å². The Kier molecular flexibility index (Phi) is 7.30. The average Bonchev–Trinajstić information content (AvgIpc) is 3.60. The summed E-state index contributed by atoms with van der Waals surface area (Å²) in [6.07, 6.45) is 0.732. The summed E-state index contributed by atoms with van der Waals surface area (Å²) >= 11 is 7.75. The number of para-hydroxylation sites is 1. The Morgan fingerprint density at radius 2 is 1.73 bits per heavy atom. The lowest BCUT2D eigenvalue weighted by Crippen LogP contribution is -2.47. The maximum Gasteiger partial charge on any atom is 0.329 e. The zero-order chi connectivity index (χ0) is 27.6. The number of aromatic amines is 1. The van der Waals surface area contributed by atoms with Crippen LogP contribution in [0.1, 0.15) is 6.42 Å². The molecule has 40 heavy (non-hydrogen) atoms. The van der Waals surface area contributed by atoms with Gasteiger partial charge in [0, 0.05) is 56.2 Å². The fraction of sp³-hybridized carbons (Fsp3) is 0.308. The highest BCUT2D eigenvalue weighted by molar-refractivity contribution is 7.99. The van der Waals surface area contributed by atoms with Gasteiger partial charge in [0.25, 0.3) is 5.56 Å². The van der Waals surface area contributed by atoms with Crippen molar-refractivity contribution in [3.8, 4) is 5.69 Å². The van der Waals surface area contributed by atoms with E-state index in [0.717, 1.165) is 36.6 Å². The number of aromatic nitrogens is 8. The first-order valence-corrected chi connectivity index (χ1v) is 14.3. The largest absolute Gasteiger partial charge is 0.368 e. The van der Waals surface area contributed by atoms with E-state index < -0.39 is 11.2 Å². The number of imidazole rings is 1. The Hall–Kier alpha value is -4.10. The van der Waals surface area contributed by atoms with Crippen molar-refractivity contribution in [3.05, 3.63) is 80.5 Å². The molecule has 1 aliphatic rings. The van der Waals surface area contributed by atoms with E-state index in [1.54, 1.807) is 23.5 Å². The molecule has 12 nitrogen and oxygen atoms in total. The molecule has 1 N–H and O–H groups in total. The van der Waals surface area contributed by atoms with Gasteiger partial charge in [-0.25, -0.2) is 4.79 Å². The zero-order valence-corrected chi connectivity index (χ0v) is 23.3. The number of benzene rings is 2. The Morgan fingerprint density at radius 3 is 2.50 bits per heavy atom. The third-order valence-corrected chi connectivity index (χ3v) is 8.16. The van der Waals surface area contributed by atoms with E-state index in [1.807, 2.05) is 53.1 Å². The molecule has 3 aromatic heterocycles. The van der Waals surface area contributed by atoms with Crippen LogP contribution in [0, 0.1) is 0 Å². The van der Waals surface area contributed by atoms with Crippen LogP contribution in [0.3, 0.4) is 0 Å². The summed E-state index contributed by atoms with van der Waals surface area (Å²) in [6.45, 7) is 3.51. The fourth-order valence-corrected chi connectivity index (χ4v) is 5.90. The van der Waals surface area contributed by atoms with E-state index >= 15 is 0 Å². The number of aryl methyl sites for hydroxylation is 2. The summed E-state index contributed by atoms with van der Waals surface area (Å²) in [6, 6.07) is 17.6. The fourth-order valence-electron chi connectivity index (χ4n) is 4.90. The van der Waals surface area contributed by atoms with Crippen LogP contribution in [-0.2, 0) is 13.6 Å². The van der Waals surface area contributed by atoms with Crippen LogP contribution < -0.4 is 21.0 Å². The van der Waals surface area contributed by atoms with Gasteiger partial charge < -0.3 is 14.4 Å². The van der Waals surface area contributed by atoms with Gasteiger partial charge in [0.1, 0.15) is 0 Å². The van der Waals surface area contributed by atoms with Gasteiger partial charge >= 0.3 is 5.69 Å². The molecule has 14 heteroatoms. The maximum atomic E-state index is 13.0. The summed E-state index contributed by atoms with van der Waals surface area (Å²) < 4.78 is 5.04. The summed E-state index contributed by atoms with van der Waals surface area (Å²) in [5.41, 5.74) is 1.82. The highest BCUT2D eigenvalue weighted by Gasteiger charge is 2.25. The number of nitrogens with one attached hydrogen (secondary N) is 1. The molecule has 0 unspecified atom stereocenters. The molecule has 0 atom stereocenters. The molecule has 0 saturated carbocycles. The van der Waals surface area contributed by atoms with Gasteiger partial charge in [-0.05, 0) is 47.2 Å². The monoisotopic (exact) mass is 578 g/mol. The lowest BCUT2D eigenvalue weighted by Gasteiger charge is -2.36. The SMILES string of the molecule is Cn1c(=O)[nH]c(=O)c2c1nc(N1CCN(c3cccc(Cl)c3)CC1)n2CCCSc1nnnn1-c1ccccc1. The van der Waals surface area contributed by atoms with E-state index in [-0.39, 0.29) is 0 Å². The number of nitrogens with zero attached hydrogens (tertiary/aromatic N) is 9. The molecule has 0 radical (unpaired) electrons. The molecule has 5 aromatic rings. The van der Waals surface area contributed by atoms with E-state index in [1.165, 1.54) is 4.57 Å². The molecule has 0 spiro atoms. The Morgan fingerprint density at radius 1 is 0.975 bits per heavy atom. The van der Waals surface area contributed by atoms with Gasteiger partial charge in [0.2, 0.25) is 11.1 Å². The third-order valence-electron chi connectivity index (χ3n) is 6.92. The van der Waals surface area contributed by atoms with E-state index in [4.69, 9.17) is 16.6 Å². The standard InChI is InChI=1S/C26H27ClN10O2S/c1-33-22-21(23(38)29-25(33)39)36(11-6-16-40-26-30-31-32-37(26)19-8-3-2-4-9-19)24(28-22)35-14-12-34(13-15-35)20-10-5-7-18(27)17-20/h2-5,7-10,17H,6,11-16H2,1H3,(H,29,38,39). The smallest absolute Gasteiger partial charge is 0.329 e. The number of anilines is 2. The third kappa shape index (κ3) is 5.09. The quantitative estimate of drug-likeness (QED) is 0.218. The van der Waals surface area contributed by atoms with E-state index in [0.29, 0.717) is 46.9 Å². The van der Waals surface area contributed by atoms with Gasteiger partial charge in [-0.3, -0.25) is 14.3 Å². The molecule has 0 aliphatic carbocycles. The number of hydrogen-bond acceptors (Lipinski definition) is 9. The highest BCUT2D eigenvalue weighted by Crippen LogP contribution is 2.26. The number of rotatable bonds is 8. The van der Waals surface area contributed by atoms with Gasteiger partial charge in [-0.15, -0.1) is 5.10 Å². The van der Waals surface area contributed by atoms with Crippen molar-refractivity contribution in [3.63, 3.8) is 0 Å². The minimum atomic E-state index is -0.484. The Balaban J connectivity index is 1.22.